The van der Waals surface area contributed by atoms with Crippen LogP contribution in [0, 0.1) is 11.7 Å². The van der Waals surface area contributed by atoms with Crippen LogP contribution in [0.3, 0.4) is 0 Å². The molecule has 7 heteroatoms. The fraction of sp³-hybridized carbons (Fsp3) is 0.524. The van der Waals surface area contributed by atoms with Crippen molar-refractivity contribution in [3.8, 4) is 0 Å². The van der Waals surface area contributed by atoms with Gasteiger partial charge in [0.15, 0.2) is 0 Å². The molecule has 2 aliphatic heterocycles. The molecule has 2 aromatic rings. The summed E-state index contributed by atoms with van der Waals surface area (Å²) in [7, 11) is 0. The van der Waals surface area contributed by atoms with E-state index in [0.29, 0.717) is 12.5 Å². The Morgan fingerprint density at radius 2 is 1.86 bits per heavy atom. The maximum Gasteiger partial charge on any atom is 0.134 e. The molecule has 0 spiro atoms. The van der Waals surface area contributed by atoms with Gasteiger partial charge in [0.25, 0.3) is 0 Å². The van der Waals surface area contributed by atoms with Gasteiger partial charge < -0.3 is 19.6 Å². The number of halogens is 1. The summed E-state index contributed by atoms with van der Waals surface area (Å²) in [6.45, 7) is 5.44. The maximum absolute atomic E-state index is 13.3. The molecule has 4 rings (SSSR count). The number of ether oxygens (including phenoxy) is 1. The second kappa shape index (κ2) is 8.41. The minimum atomic E-state index is -0.243. The zero-order chi connectivity index (χ0) is 19.5. The summed E-state index contributed by atoms with van der Waals surface area (Å²) in [5, 5.41) is 9.49. The van der Waals surface area contributed by atoms with Gasteiger partial charge in [0.1, 0.15) is 29.9 Å². The molecule has 2 saturated heterocycles. The molecule has 0 bridgehead atoms. The Labute approximate surface area is 165 Å². The van der Waals surface area contributed by atoms with E-state index < -0.39 is 0 Å². The summed E-state index contributed by atoms with van der Waals surface area (Å²) in [6.07, 6.45) is 3.64. The lowest BCUT2D eigenvalue weighted by molar-refractivity contribution is -0.0176. The Balaban J connectivity index is 1.52. The Morgan fingerprint density at radius 1 is 1.11 bits per heavy atom. The minimum absolute atomic E-state index is 0.0379. The van der Waals surface area contributed by atoms with E-state index in [4.69, 9.17) is 4.74 Å². The van der Waals surface area contributed by atoms with E-state index in [1.165, 1.54) is 12.1 Å². The van der Waals surface area contributed by atoms with E-state index in [1.54, 1.807) is 18.5 Å². The average molecular weight is 386 g/mol. The van der Waals surface area contributed by atoms with Gasteiger partial charge in [-0.05, 0) is 43.4 Å². The lowest BCUT2D eigenvalue weighted by atomic mass is 9.99. The van der Waals surface area contributed by atoms with Crippen LogP contribution in [0.5, 0.6) is 0 Å². The normalized spacial score (nSPS) is 25.8. The van der Waals surface area contributed by atoms with Crippen molar-refractivity contribution in [2.24, 2.45) is 5.92 Å². The molecule has 2 fully saturated rings. The van der Waals surface area contributed by atoms with Gasteiger partial charge in [-0.3, -0.25) is 0 Å². The summed E-state index contributed by atoms with van der Waals surface area (Å²) in [6, 6.07) is 8.53. The first kappa shape index (κ1) is 19.1. The second-order valence-electron chi connectivity index (χ2n) is 7.76. The van der Waals surface area contributed by atoms with Crippen LogP contribution in [-0.2, 0) is 4.74 Å². The fourth-order valence-corrected chi connectivity index (χ4v) is 4.11. The highest BCUT2D eigenvalue weighted by molar-refractivity contribution is 5.51. The largest absolute Gasteiger partial charge is 0.396 e. The molecule has 1 aromatic heterocycles. The standard InChI is InChI=1S/C21H27FN4O2/c1-15-10-26(12-19(28-15)17-4-6-18(22)7-5-17)21-9-20(23-14-24-21)25-8-2-3-16(11-25)13-27/h4-7,9,14-16,19,27H,2-3,8,10-13H2,1H3. The number of morpholine rings is 1. The number of hydrogen-bond donors (Lipinski definition) is 1. The molecule has 3 unspecified atom stereocenters. The highest BCUT2D eigenvalue weighted by atomic mass is 19.1. The third kappa shape index (κ3) is 4.25. The van der Waals surface area contributed by atoms with Gasteiger partial charge >= 0.3 is 0 Å². The van der Waals surface area contributed by atoms with Crippen LogP contribution >= 0.6 is 0 Å². The van der Waals surface area contributed by atoms with Crippen molar-refractivity contribution >= 4 is 11.6 Å². The highest BCUT2D eigenvalue weighted by Gasteiger charge is 2.28. The number of aliphatic hydroxyl groups is 1. The molecule has 0 amide bonds. The van der Waals surface area contributed by atoms with Gasteiger partial charge in [-0.2, -0.15) is 0 Å². The Hall–Kier alpha value is -2.25. The van der Waals surface area contributed by atoms with Gasteiger partial charge in [-0.15, -0.1) is 0 Å². The van der Waals surface area contributed by atoms with Gasteiger partial charge in [0.05, 0.1) is 6.10 Å². The number of piperidine rings is 1. The van der Waals surface area contributed by atoms with E-state index in [9.17, 15) is 9.50 Å². The molecule has 150 valence electrons. The van der Waals surface area contributed by atoms with Crippen molar-refractivity contribution in [2.45, 2.75) is 32.0 Å². The Morgan fingerprint density at radius 3 is 2.61 bits per heavy atom. The third-order valence-electron chi connectivity index (χ3n) is 5.57. The summed E-state index contributed by atoms with van der Waals surface area (Å²) < 4.78 is 19.4. The van der Waals surface area contributed by atoms with Gasteiger partial charge in [-0.1, -0.05) is 12.1 Å². The summed E-state index contributed by atoms with van der Waals surface area (Å²) in [5.41, 5.74) is 0.967. The van der Waals surface area contributed by atoms with Crippen LogP contribution in [0.15, 0.2) is 36.7 Å². The predicted octanol–water partition coefficient (Wildman–Crippen LogP) is 2.79. The SMILES string of the molecule is CC1CN(c2cc(N3CCCC(CO)C3)ncn2)CC(c2ccc(F)cc2)O1. The van der Waals surface area contributed by atoms with Gasteiger partial charge in [0, 0.05) is 38.9 Å². The van der Waals surface area contributed by atoms with E-state index in [1.807, 2.05) is 13.0 Å². The summed E-state index contributed by atoms with van der Waals surface area (Å²) in [4.78, 5) is 13.4. The third-order valence-corrected chi connectivity index (χ3v) is 5.57. The molecule has 1 aromatic carbocycles. The van der Waals surface area contributed by atoms with Crippen LogP contribution in [0.4, 0.5) is 16.0 Å². The van der Waals surface area contributed by atoms with Gasteiger partial charge in [0.2, 0.25) is 0 Å². The predicted molar refractivity (Wildman–Crippen MR) is 106 cm³/mol. The first-order valence-corrected chi connectivity index (χ1v) is 9.96. The van der Waals surface area contributed by atoms with Gasteiger partial charge in [-0.25, -0.2) is 14.4 Å². The van der Waals surface area contributed by atoms with Crippen LogP contribution in [0.2, 0.25) is 0 Å². The second-order valence-corrected chi connectivity index (χ2v) is 7.76. The monoisotopic (exact) mass is 386 g/mol. The number of benzene rings is 1. The van der Waals surface area contributed by atoms with Crippen molar-refractivity contribution in [3.63, 3.8) is 0 Å². The fourth-order valence-electron chi connectivity index (χ4n) is 4.11. The molecule has 6 nitrogen and oxygen atoms in total. The Kier molecular flexibility index (Phi) is 5.73. The molecule has 0 radical (unpaired) electrons. The smallest absolute Gasteiger partial charge is 0.134 e. The molecular weight excluding hydrogens is 359 g/mol. The van der Waals surface area contributed by atoms with E-state index in [0.717, 1.165) is 49.7 Å². The quantitative estimate of drug-likeness (QED) is 0.872. The lowest BCUT2D eigenvalue weighted by Gasteiger charge is -2.38. The molecule has 3 heterocycles. The first-order chi connectivity index (χ1) is 13.6. The summed E-state index contributed by atoms with van der Waals surface area (Å²) in [5.74, 6) is 1.84. The molecule has 0 aliphatic carbocycles. The molecule has 2 aliphatic rings. The molecule has 1 N–H and O–H groups in total. The number of rotatable bonds is 4. The van der Waals surface area contributed by atoms with E-state index in [-0.39, 0.29) is 24.6 Å². The highest BCUT2D eigenvalue weighted by Crippen LogP contribution is 2.30. The maximum atomic E-state index is 13.3. The van der Waals surface area contributed by atoms with Crippen LogP contribution in [0.1, 0.15) is 31.4 Å². The molecule has 0 saturated carbocycles. The molecule has 28 heavy (non-hydrogen) atoms. The molecular formula is C21H27FN4O2. The first-order valence-electron chi connectivity index (χ1n) is 9.96. The molecule has 3 atom stereocenters. The summed E-state index contributed by atoms with van der Waals surface area (Å²) >= 11 is 0. The average Bonchev–Trinajstić information content (AvgIpc) is 2.74. The zero-order valence-corrected chi connectivity index (χ0v) is 16.2. The Bertz CT molecular complexity index is 788. The van der Waals surface area contributed by atoms with Crippen molar-refractivity contribution in [1.29, 1.82) is 0 Å². The number of nitrogens with zero attached hydrogens (tertiary/aromatic N) is 4. The number of anilines is 2. The van der Waals surface area contributed by atoms with E-state index >= 15 is 0 Å². The lowest BCUT2D eigenvalue weighted by Crippen LogP contribution is -2.43. The van der Waals surface area contributed by atoms with Crippen molar-refractivity contribution in [3.05, 3.63) is 48.0 Å². The van der Waals surface area contributed by atoms with Crippen LogP contribution < -0.4 is 9.80 Å². The van der Waals surface area contributed by atoms with Crippen LogP contribution in [0.25, 0.3) is 0 Å². The zero-order valence-electron chi connectivity index (χ0n) is 16.2. The number of hydrogen-bond acceptors (Lipinski definition) is 6. The minimum Gasteiger partial charge on any atom is -0.396 e. The van der Waals surface area contributed by atoms with Crippen molar-refractivity contribution < 1.29 is 14.2 Å². The van der Waals surface area contributed by atoms with Crippen LogP contribution in [-0.4, -0.2) is 54.0 Å². The van der Waals surface area contributed by atoms with Crippen molar-refractivity contribution in [1.82, 2.24) is 9.97 Å². The number of aromatic nitrogens is 2. The van der Waals surface area contributed by atoms with E-state index in [2.05, 4.69) is 19.8 Å². The van der Waals surface area contributed by atoms with Crippen molar-refractivity contribution in [2.75, 3.05) is 42.6 Å². The number of aliphatic hydroxyl groups excluding tert-OH is 1. The topological polar surface area (TPSA) is 61.7 Å².